The summed E-state index contributed by atoms with van der Waals surface area (Å²) in [4.78, 5) is 10.4. The van der Waals surface area contributed by atoms with Crippen LogP contribution in [0.4, 0.5) is 0 Å². The molecule has 0 aliphatic rings. The highest BCUT2D eigenvalue weighted by atomic mass is 32.1. The summed E-state index contributed by atoms with van der Waals surface area (Å²) in [5, 5.41) is 14.1. The standard InChI is InChI=1S/C18H14N2O2S2/c1-22-13-7-6-11(10-12(13)21)18-19-16(14-4-2-8-23-14)17(20-18)15-5-3-9-24-15/h2-10,21H,1H3,(H,19,20). The molecule has 4 nitrogen and oxygen atoms in total. The number of imidazole rings is 1. The molecule has 0 aliphatic heterocycles. The average Bonchev–Trinajstić information content (AvgIpc) is 3.33. The van der Waals surface area contributed by atoms with Crippen LogP contribution in [0.1, 0.15) is 0 Å². The van der Waals surface area contributed by atoms with Crippen molar-refractivity contribution in [2.24, 2.45) is 0 Å². The van der Waals surface area contributed by atoms with Crippen molar-refractivity contribution >= 4 is 22.7 Å². The van der Waals surface area contributed by atoms with Gasteiger partial charge in [-0.25, -0.2) is 4.98 Å². The van der Waals surface area contributed by atoms with Gasteiger partial charge in [0.2, 0.25) is 0 Å². The summed E-state index contributed by atoms with van der Waals surface area (Å²) in [6, 6.07) is 13.5. The van der Waals surface area contributed by atoms with Crippen LogP contribution in [-0.2, 0) is 0 Å². The lowest BCUT2D eigenvalue weighted by molar-refractivity contribution is 0.373. The third kappa shape index (κ3) is 2.60. The van der Waals surface area contributed by atoms with Crippen molar-refractivity contribution in [3.63, 3.8) is 0 Å². The molecule has 24 heavy (non-hydrogen) atoms. The number of aromatic hydroxyl groups is 1. The van der Waals surface area contributed by atoms with Gasteiger partial charge in [0.1, 0.15) is 11.5 Å². The molecular formula is C18H14N2O2S2. The fourth-order valence-corrected chi connectivity index (χ4v) is 3.98. The van der Waals surface area contributed by atoms with Gasteiger partial charge in [0.25, 0.3) is 0 Å². The molecule has 3 aromatic heterocycles. The minimum absolute atomic E-state index is 0.0988. The molecule has 3 heterocycles. The fourth-order valence-electron chi connectivity index (χ4n) is 2.54. The highest BCUT2D eigenvalue weighted by Gasteiger charge is 2.17. The number of H-pyrrole nitrogens is 1. The highest BCUT2D eigenvalue weighted by Crippen LogP contribution is 2.38. The highest BCUT2D eigenvalue weighted by molar-refractivity contribution is 7.14. The Morgan fingerprint density at radius 2 is 1.79 bits per heavy atom. The summed E-state index contributed by atoms with van der Waals surface area (Å²) in [6.45, 7) is 0. The van der Waals surface area contributed by atoms with Gasteiger partial charge in [-0.05, 0) is 41.1 Å². The van der Waals surface area contributed by atoms with E-state index in [1.807, 2.05) is 29.0 Å². The Morgan fingerprint density at radius 1 is 1.04 bits per heavy atom. The van der Waals surface area contributed by atoms with Crippen LogP contribution in [0.25, 0.3) is 32.5 Å². The zero-order valence-electron chi connectivity index (χ0n) is 12.8. The maximum Gasteiger partial charge on any atom is 0.160 e. The molecule has 0 saturated carbocycles. The van der Waals surface area contributed by atoms with Crippen molar-refractivity contribution < 1.29 is 9.84 Å². The zero-order chi connectivity index (χ0) is 16.5. The van der Waals surface area contributed by atoms with Crippen LogP contribution < -0.4 is 4.74 Å². The van der Waals surface area contributed by atoms with Crippen LogP contribution in [-0.4, -0.2) is 22.2 Å². The van der Waals surface area contributed by atoms with Crippen LogP contribution >= 0.6 is 22.7 Å². The molecule has 2 N–H and O–H groups in total. The number of ether oxygens (including phenoxy) is 1. The number of nitrogens with one attached hydrogen (secondary N) is 1. The lowest BCUT2D eigenvalue weighted by Crippen LogP contribution is -1.85. The summed E-state index contributed by atoms with van der Waals surface area (Å²) in [5.74, 6) is 1.27. The van der Waals surface area contributed by atoms with Gasteiger partial charge in [-0.1, -0.05) is 12.1 Å². The number of aromatic nitrogens is 2. The summed E-state index contributed by atoms with van der Waals surface area (Å²) in [5.41, 5.74) is 2.74. The van der Waals surface area contributed by atoms with E-state index in [-0.39, 0.29) is 5.75 Å². The molecule has 0 aliphatic carbocycles. The molecule has 0 bridgehead atoms. The van der Waals surface area contributed by atoms with Crippen LogP contribution in [0.15, 0.2) is 53.2 Å². The molecule has 0 radical (unpaired) electrons. The molecule has 6 heteroatoms. The third-order valence-electron chi connectivity index (χ3n) is 3.68. The van der Waals surface area contributed by atoms with Gasteiger partial charge in [0.15, 0.2) is 11.5 Å². The number of thiophene rings is 2. The summed E-state index contributed by atoms with van der Waals surface area (Å²) in [6.07, 6.45) is 0. The molecule has 4 aromatic rings. The van der Waals surface area contributed by atoms with Gasteiger partial charge in [0.05, 0.1) is 22.6 Å². The maximum absolute atomic E-state index is 10.0. The minimum atomic E-state index is 0.0988. The lowest BCUT2D eigenvalue weighted by atomic mass is 10.2. The van der Waals surface area contributed by atoms with Gasteiger partial charge in [-0.2, -0.15) is 0 Å². The Kier molecular flexibility index (Phi) is 3.84. The van der Waals surface area contributed by atoms with Crippen molar-refractivity contribution in [3.05, 3.63) is 53.2 Å². The number of methoxy groups -OCH3 is 1. The Hall–Kier alpha value is -2.57. The van der Waals surface area contributed by atoms with Crippen LogP contribution in [0.3, 0.4) is 0 Å². The quantitative estimate of drug-likeness (QED) is 0.526. The SMILES string of the molecule is COc1ccc(-c2nc(-c3cccs3)c(-c3cccs3)[nH]2)cc1O. The molecule has 0 atom stereocenters. The molecule has 0 unspecified atom stereocenters. The van der Waals surface area contributed by atoms with Crippen molar-refractivity contribution in [2.45, 2.75) is 0 Å². The largest absolute Gasteiger partial charge is 0.504 e. The van der Waals surface area contributed by atoms with E-state index in [2.05, 4.69) is 17.1 Å². The predicted octanol–water partition coefficient (Wildman–Crippen LogP) is 5.25. The molecule has 0 spiro atoms. The topological polar surface area (TPSA) is 58.1 Å². The van der Waals surface area contributed by atoms with Gasteiger partial charge in [0, 0.05) is 5.56 Å². The van der Waals surface area contributed by atoms with Crippen molar-refractivity contribution in [3.8, 4) is 44.0 Å². The van der Waals surface area contributed by atoms with E-state index in [0.29, 0.717) is 5.75 Å². The smallest absolute Gasteiger partial charge is 0.160 e. The Bertz CT molecular complexity index is 906. The molecule has 4 rings (SSSR count). The Labute approximate surface area is 147 Å². The molecule has 0 amide bonds. The van der Waals surface area contributed by atoms with E-state index < -0.39 is 0 Å². The Morgan fingerprint density at radius 3 is 2.42 bits per heavy atom. The third-order valence-corrected chi connectivity index (χ3v) is 5.44. The van der Waals surface area contributed by atoms with Gasteiger partial charge >= 0.3 is 0 Å². The summed E-state index contributed by atoms with van der Waals surface area (Å²) < 4.78 is 5.11. The second kappa shape index (κ2) is 6.14. The normalized spacial score (nSPS) is 10.9. The fraction of sp³-hybridized carbons (Fsp3) is 0.0556. The number of phenolic OH excluding ortho intramolecular Hbond substituents is 1. The van der Waals surface area contributed by atoms with E-state index in [0.717, 1.165) is 32.5 Å². The van der Waals surface area contributed by atoms with E-state index >= 15 is 0 Å². The second-order valence-corrected chi connectivity index (χ2v) is 7.05. The van der Waals surface area contributed by atoms with Crippen LogP contribution in [0.2, 0.25) is 0 Å². The number of aromatic amines is 1. The van der Waals surface area contributed by atoms with Crippen molar-refractivity contribution in [2.75, 3.05) is 7.11 Å². The molecule has 0 saturated heterocycles. The second-order valence-electron chi connectivity index (χ2n) is 5.15. The number of hydrogen-bond donors (Lipinski definition) is 2. The zero-order valence-corrected chi connectivity index (χ0v) is 14.4. The number of nitrogens with zero attached hydrogens (tertiary/aromatic N) is 1. The van der Waals surface area contributed by atoms with E-state index in [1.54, 1.807) is 34.8 Å². The van der Waals surface area contributed by atoms with Gasteiger partial charge in [-0.3, -0.25) is 0 Å². The molecule has 1 aromatic carbocycles. The first-order valence-electron chi connectivity index (χ1n) is 7.31. The summed E-state index contributed by atoms with van der Waals surface area (Å²) >= 11 is 3.33. The van der Waals surface area contributed by atoms with Crippen molar-refractivity contribution in [1.82, 2.24) is 9.97 Å². The van der Waals surface area contributed by atoms with E-state index in [9.17, 15) is 5.11 Å². The number of benzene rings is 1. The molecule has 120 valence electrons. The Balaban J connectivity index is 1.86. The number of hydrogen-bond acceptors (Lipinski definition) is 5. The van der Waals surface area contributed by atoms with Gasteiger partial charge in [-0.15, -0.1) is 22.7 Å². The first-order valence-corrected chi connectivity index (χ1v) is 9.07. The maximum atomic E-state index is 10.0. The monoisotopic (exact) mass is 354 g/mol. The first kappa shape index (κ1) is 15.0. The average molecular weight is 354 g/mol. The van der Waals surface area contributed by atoms with E-state index in [4.69, 9.17) is 9.72 Å². The van der Waals surface area contributed by atoms with Crippen molar-refractivity contribution in [1.29, 1.82) is 0 Å². The minimum Gasteiger partial charge on any atom is -0.504 e. The lowest BCUT2D eigenvalue weighted by Gasteiger charge is -2.04. The first-order chi connectivity index (χ1) is 11.8. The summed E-state index contributed by atoms with van der Waals surface area (Å²) in [7, 11) is 1.53. The number of phenols is 1. The van der Waals surface area contributed by atoms with Crippen LogP contribution in [0.5, 0.6) is 11.5 Å². The number of rotatable bonds is 4. The van der Waals surface area contributed by atoms with E-state index in [1.165, 1.54) is 7.11 Å². The molecule has 0 fully saturated rings. The molecular weight excluding hydrogens is 340 g/mol. The van der Waals surface area contributed by atoms with Gasteiger partial charge < -0.3 is 14.8 Å². The van der Waals surface area contributed by atoms with Crippen LogP contribution in [0, 0.1) is 0 Å². The predicted molar refractivity (Wildman–Crippen MR) is 98.9 cm³/mol.